The Morgan fingerprint density at radius 3 is 2.81 bits per heavy atom. The highest BCUT2D eigenvalue weighted by molar-refractivity contribution is 7.99. The fraction of sp³-hybridized carbons (Fsp3) is 0.526. The topological polar surface area (TPSA) is 77.0 Å². The van der Waals surface area contributed by atoms with Gasteiger partial charge in [-0.1, -0.05) is 48.3 Å². The molecule has 2 heterocycles. The van der Waals surface area contributed by atoms with E-state index in [1.807, 2.05) is 18.2 Å². The Morgan fingerprint density at radius 1 is 1.19 bits per heavy atom. The van der Waals surface area contributed by atoms with E-state index in [1.54, 1.807) is 6.07 Å². The van der Waals surface area contributed by atoms with E-state index in [2.05, 4.69) is 15.1 Å². The summed E-state index contributed by atoms with van der Waals surface area (Å²) in [6.07, 6.45) is 7.32. The van der Waals surface area contributed by atoms with Crippen molar-refractivity contribution in [1.82, 2.24) is 19.8 Å². The normalized spacial score (nSPS) is 22.5. The molecule has 2 unspecified atom stereocenters. The lowest BCUT2D eigenvalue weighted by Crippen LogP contribution is -2.50. The number of aromatic nitrogens is 3. The SMILES string of the molecule is Nn1c(SCC(=O)N2CCCC3CCCCC32)nnc1-c1ccccc1Cl. The number of benzene rings is 1. The largest absolute Gasteiger partial charge is 0.339 e. The number of rotatable bonds is 4. The molecule has 1 amide bonds. The average molecular weight is 406 g/mol. The molecule has 2 aliphatic rings. The van der Waals surface area contributed by atoms with Crippen molar-refractivity contribution < 1.29 is 4.79 Å². The second-order valence-electron chi connectivity index (χ2n) is 7.29. The molecular formula is C19H24ClN5OS. The minimum Gasteiger partial charge on any atom is -0.339 e. The number of carbonyl (C=O) groups excluding carboxylic acids is 1. The minimum atomic E-state index is 0.180. The lowest BCUT2D eigenvalue weighted by Gasteiger charge is -2.44. The molecule has 1 aliphatic carbocycles. The summed E-state index contributed by atoms with van der Waals surface area (Å²) in [5.41, 5.74) is 0.730. The second-order valence-corrected chi connectivity index (χ2v) is 8.64. The predicted octanol–water partition coefficient (Wildman–Crippen LogP) is 3.59. The number of amides is 1. The molecule has 2 N–H and O–H groups in total. The summed E-state index contributed by atoms with van der Waals surface area (Å²) in [7, 11) is 0. The van der Waals surface area contributed by atoms with E-state index in [9.17, 15) is 4.79 Å². The van der Waals surface area contributed by atoms with Gasteiger partial charge in [-0.05, 0) is 43.7 Å². The molecule has 2 aromatic rings. The molecule has 2 atom stereocenters. The van der Waals surface area contributed by atoms with Crippen LogP contribution < -0.4 is 5.84 Å². The zero-order valence-electron chi connectivity index (χ0n) is 15.2. The van der Waals surface area contributed by atoms with Gasteiger partial charge in [0.15, 0.2) is 5.82 Å². The lowest BCUT2D eigenvalue weighted by atomic mass is 9.78. The summed E-state index contributed by atoms with van der Waals surface area (Å²) in [5, 5.41) is 9.41. The van der Waals surface area contributed by atoms with Crippen molar-refractivity contribution in [2.24, 2.45) is 5.92 Å². The molecule has 0 radical (unpaired) electrons. The molecule has 8 heteroatoms. The molecule has 1 saturated carbocycles. The van der Waals surface area contributed by atoms with Crippen molar-refractivity contribution in [1.29, 1.82) is 0 Å². The van der Waals surface area contributed by atoms with Gasteiger partial charge in [-0.2, -0.15) is 0 Å². The number of hydrogen-bond acceptors (Lipinski definition) is 5. The Labute approximate surface area is 168 Å². The van der Waals surface area contributed by atoms with Crippen LogP contribution in [-0.4, -0.2) is 44.0 Å². The van der Waals surface area contributed by atoms with E-state index in [0.717, 1.165) is 24.9 Å². The first kappa shape index (κ1) is 18.6. The zero-order valence-corrected chi connectivity index (χ0v) is 16.8. The van der Waals surface area contributed by atoms with Crippen LogP contribution in [-0.2, 0) is 4.79 Å². The van der Waals surface area contributed by atoms with Crippen LogP contribution in [0.1, 0.15) is 38.5 Å². The van der Waals surface area contributed by atoms with E-state index in [1.165, 1.54) is 42.1 Å². The predicted molar refractivity (Wildman–Crippen MR) is 108 cm³/mol. The molecule has 1 aromatic heterocycles. The number of nitrogens with two attached hydrogens (primary N) is 1. The Morgan fingerprint density at radius 2 is 1.96 bits per heavy atom. The van der Waals surface area contributed by atoms with Gasteiger partial charge in [0, 0.05) is 18.2 Å². The van der Waals surface area contributed by atoms with Crippen molar-refractivity contribution in [3.8, 4) is 11.4 Å². The van der Waals surface area contributed by atoms with Crippen molar-refractivity contribution >= 4 is 29.3 Å². The van der Waals surface area contributed by atoms with Gasteiger partial charge < -0.3 is 10.7 Å². The fourth-order valence-corrected chi connectivity index (χ4v) is 5.31. The standard InChI is InChI=1S/C19H24ClN5OS/c20-15-9-3-2-8-14(15)18-22-23-19(25(18)21)27-12-17(26)24-11-5-7-13-6-1-4-10-16(13)24/h2-3,8-9,13,16H,1,4-7,10-12,21H2. The number of fused-ring (bicyclic) bond motifs is 1. The average Bonchev–Trinajstić information content (AvgIpc) is 3.06. The Kier molecular flexibility index (Phi) is 5.59. The number of likely N-dealkylation sites (tertiary alicyclic amines) is 1. The highest BCUT2D eigenvalue weighted by Gasteiger charge is 2.35. The molecule has 4 rings (SSSR count). The third-order valence-electron chi connectivity index (χ3n) is 5.67. The van der Waals surface area contributed by atoms with Crippen molar-refractivity contribution in [2.45, 2.75) is 49.7 Å². The first-order valence-corrected chi connectivity index (χ1v) is 10.9. The van der Waals surface area contributed by atoms with Gasteiger partial charge in [-0.25, -0.2) is 4.68 Å². The molecule has 2 fully saturated rings. The van der Waals surface area contributed by atoms with E-state index in [0.29, 0.717) is 33.7 Å². The van der Waals surface area contributed by atoms with Crippen LogP contribution in [0.15, 0.2) is 29.4 Å². The third-order valence-corrected chi connectivity index (χ3v) is 6.93. The van der Waals surface area contributed by atoms with Crippen LogP contribution in [0, 0.1) is 5.92 Å². The monoisotopic (exact) mass is 405 g/mol. The number of hydrogen-bond donors (Lipinski definition) is 1. The maximum absolute atomic E-state index is 12.9. The summed E-state index contributed by atoms with van der Waals surface area (Å²) in [6, 6.07) is 7.80. The van der Waals surface area contributed by atoms with E-state index >= 15 is 0 Å². The lowest BCUT2D eigenvalue weighted by molar-refractivity contribution is -0.134. The van der Waals surface area contributed by atoms with Gasteiger partial charge in [-0.3, -0.25) is 4.79 Å². The van der Waals surface area contributed by atoms with Crippen LogP contribution in [0.3, 0.4) is 0 Å². The highest BCUT2D eigenvalue weighted by Crippen LogP contribution is 2.36. The molecule has 1 saturated heterocycles. The minimum absolute atomic E-state index is 0.180. The first-order chi connectivity index (χ1) is 13.1. The van der Waals surface area contributed by atoms with Gasteiger partial charge in [0.1, 0.15) is 0 Å². The Balaban J connectivity index is 1.43. The molecule has 144 valence electrons. The number of carbonyl (C=O) groups is 1. The number of thioether (sulfide) groups is 1. The summed E-state index contributed by atoms with van der Waals surface area (Å²) >= 11 is 7.57. The van der Waals surface area contributed by atoms with Crippen LogP contribution in [0.5, 0.6) is 0 Å². The van der Waals surface area contributed by atoms with Gasteiger partial charge in [0.05, 0.1) is 10.8 Å². The molecule has 27 heavy (non-hydrogen) atoms. The number of halogens is 1. The summed E-state index contributed by atoms with van der Waals surface area (Å²) in [6.45, 7) is 0.876. The zero-order chi connectivity index (χ0) is 18.8. The maximum Gasteiger partial charge on any atom is 0.233 e. The first-order valence-electron chi connectivity index (χ1n) is 9.53. The molecule has 1 aromatic carbocycles. The molecule has 1 aliphatic heterocycles. The second kappa shape index (κ2) is 8.10. The number of nitrogen functional groups attached to an aromatic ring is 1. The van der Waals surface area contributed by atoms with Gasteiger partial charge in [0.2, 0.25) is 11.1 Å². The van der Waals surface area contributed by atoms with Crippen LogP contribution in [0.2, 0.25) is 5.02 Å². The van der Waals surface area contributed by atoms with Gasteiger partial charge in [0.25, 0.3) is 0 Å². The van der Waals surface area contributed by atoms with E-state index in [-0.39, 0.29) is 5.91 Å². The summed E-state index contributed by atoms with van der Waals surface area (Å²) in [5.74, 6) is 7.86. The third kappa shape index (κ3) is 3.80. The fourth-order valence-electron chi connectivity index (χ4n) is 4.35. The summed E-state index contributed by atoms with van der Waals surface area (Å²) in [4.78, 5) is 15.0. The molecule has 6 nitrogen and oxygen atoms in total. The maximum atomic E-state index is 12.9. The number of piperidine rings is 1. The van der Waals surface area contributed by atoms with Crippen LogP contribution in [0.4, 0.5) is 0 Å². The van der Waals surface area contributed by atoms with Gasteiger partial charge >= 0.3 is 0 Å². The van der Waals surface area contributed by atoms with E-state index < -0.39 is 0 Å². The Hall–Kier alpha value is -1.73. The van der Waals surface area contributed by atoms with Crippen molar-refractivity contribution in [3.63, 3.8) is 0 Å². The quantitative estimate of drug-likeness (QED) is 0.621. The highest BCUT2D eigenvalue weighted by atomic mass is 35.5. The molecule has 0 spiro atoms. The Bertz CT molecular complexity index is 824. The smallest absolute Gasteiger partial charge is 0.233 e. The molecule has 0 bridgehead atoms. The number of nitrogens with zero attached hydrogens (tertiary/aromatic N) is 4. The van der Waals surface area contributed by atoms with Crippen LogP contribution >= 0.6 is 23.4 Å². The summed E-state index contributed by atoms with van der Waals surface area (Å²) < 4.78 is 1.42. The van der Waals surface area contributed by atoms with Crippen molar-refractivity contribution in [3.05, 3.63) is 29.3 Å². The molecular weight excluding hydrogens is 382 g/mol. The van der Waals surface area contributed by atoms with Crippen molar-refractivity contribution in [2.75, 3.05) is 18.1 Å². The van der Waals surface area contributed by atoms with Crippen LogP contribution in [0.25, 0.3) is 11.4 Å². The van der Waals surface area contributed by atoms with Gasteiger partial charge in [-0.15, -0.1) is 10.2 Å². The van der Waals surface area contributed by atoms with E-state index in [4.69, 9.17) is 17.4 Å².